The fraction of sp³-hybridized carbons (Fsp3) is 0.562. The van der Waals surface area contributed by atoms with Crippen molar-refractivity contribution in [1.29, 1.82) is 0 Å². The molecule has 0 bridgehead atoms. The molecule has 0 spiro atoms. The van der Waals surface area contributed by atoms with Crippen molar-refractivity contribution in [2.24, 2.45) is 0 Å². The lowest BCUT2D eigenvalue weighted by Crippen LogP contribution is -2.45. The quantitative estimate of drug-likeness (QED) is 0.929. The second-order valence-corrected chi connectivity index (χ2v) is 5.84. The van der Waals surface area contributed by atoms with Gasteiger partial charge < -0.3 is 14.4 Å². The number of nitrogens with zero attached hydrogens (tertiary/aromatic N) is 3. The van der Waals surface area contributed by atoms with Gasteiger partial charge in [0.2, 0.25) is 0 Å². The molecule has 1 saturated heterocycles. The summed E-state index contributed by atoms with van der Waals surface area (Å²) in [5, 5.41) is 9.33. The first-order chi connectivity index (χ1) is 10.2. The van der Waals surface area contributed by atoms with Gasteiger partial charge in [0.15, 0.2) is 0 Å². The summed E-state index contributed by atoms with van der Waals surface area (Å²) < 4.78 is 7.91. The molecule has 21 heavy (non-hydrogen) atoms. The number of aromatic nitrogens is 2. The zero-order chi connectivity index (χ0) is 14.8. The van der Waals surface area contributed by atoms with Gasteiger partial charge in [-0.3, -0.25) is 4.90 Å². The predicted molar refractivity (Wildman–Crippen MR) is 82.1 cm³/mol. The van der Waals surface area contributed by atoms with Crippen LogP contribution in [0.3, 0.4) is 0 Å². The fourth-order valence-electron chi connectivity index (χ4n) is 3.21. The van der Waals surface area contributed by atoms with Crippen molar-refractivity contribution >= 4 is 11.0 Å². The van der Waals surface area contributed by atoms with Crippen LogP contribution in [-0.4, -0.2) is 51.5 Å². The van der Waals surface area contributed by atoms with E-state index in [0.717, 1.165) is 36.5 Å². The van der Waals surface area contributed by atoms with E-state index < -0.39 is 0 Å². The average molecular weight is 289 g/mol. The van der Waals surface area contributed by atoms with Crippen LogP contribution in [0.1, 0.15) is 19.7 Å². The van der Waals surface area contributed by atoms with Gasteiger partial charge in [0, 0.05) is 19.6 Å². The van der Waals surface area contributed by atoms with E-state index in [-0.39, 0.29) is 18.8 Å². The number of aliphatic hydroxyl groups is 1. The lowest BCUT2D eigenvalue weighted by atomic mass is 10.2. The molecule has 1 aromatic carbocycles. The van der Waals surface area contributed by atoms with Crippen LogP contribution in [-0.2, 0) is 17.8 Å². The number of benzene rings is 1. The molecule has 1 N–H and O–H groups in total. The maximum atomic E-state index is 9.33. The minimum atomic E-state index is 0.128. The summed E-state index contributed by atoms with van der Waals surface area (Å²) in [7, 11) is 0. The molecule has 5 heteroatoms. The zero-order valence-electron chi connectivity index (χ0n) is 12.7. The molecule has 5 nitrogen and oxygen atoms in total. The number of fused-ring (bicyclic) bond motifs is 1. The first kappa shape index (κ1) is 14.5. The van der Waals surface area contributed by atoms with Crippen LogP contribution in [0.4, 0.5) is 0 Å². The molecule has 1 aliphatic heterocycles. The standard InChI is InChI=1S/C16H23N3O2/c1-12-9-18(10-13(2)21-12)11-16-17-14-5-3-4-6-15(14)19(16)7-8-20/h3-6,12-13,20H,7-11H2,1-2H3. The number of ether oxygens (including phenoxy) is 1. The van der Waals surface area contributed by atoms with Crippen LogP contribution in [0.15, 0.2) is 24.3 Å². The Morgan fingerprint density at radius 2 is 1.95 bits per heavy atom. The van der Waals surface area contributed by atoms with Crippen LogP contribution < -0.4 is 0 Å². The molecule has 2 aromatic rings. The van der Waals surface area contributed by atoms with Gasteiger partial charge in [0.25, 0.3) is 0 Å². The van der Waals surface area contributed by atoms with E-state index in [0.29, 0.717) is 6.54 Å². The minimum Gasteiger partial charge on any atom is -0.395 e. The zero-order valence-corrected chi connectivity index (χ0v) is 12.7. The normalized spacial score (nSPS) is 23.8. The maximum absolute atomic E-state index is 9.33. The number of para-hydroxylation sites is 2. The number of hydrogen-bond donors (Lipinski definition) is 1. The fourth-order valence-corrected chi connectivity index (χ4v) is 3.21. The SMILES string of the molecule is CC1CN(Cc2nc3ccccc3n2CCO)CC(C)O1. The van der Waals surface area contributed by atoms with Crippen molar-refractivity contribution in [3.8, 4) is 0 Å². The van der Waals surface area contributed by atoms with E-state index in [4.69, 9.17) is 9.72 Å². The van der Waals surface area contributed by atoms with Crippen molar-refractivity contribution < 1.29 is 9.84 Å². The summed E-state index contributed by atoms with van der Waals surface area (Å²) in [4.78, 5) is 7.13. The topological polar surface area (TPSA) is 50.5 Å². The molecule has 3 rings (SSSR count). The van der Waals surface area contributed by atoms with Crippen molar-refractivity contribution in [3.05, 3.63) is 30.1 Å². The number of hydrogen-bond acceptors (Lipinski definition) is 4. The lowest BCUT2D eigenvalue weighted by Gasteiger charge is -2.35. The van der Waals surface area contributed by atoms with E-state index in [2.05, 4.69) is 29.4 Å². The largest absolute Gasteiger partial charge is 0.395 e. The van der Waals surface area contributed by atoms with Crippen molar-refractivity contribution in [2.75, 3.05) is 19.7 Å². The smallest absolute Gasteiger partial charge is 0.124 e. The summed E-state index contributed by atoms with van der Waals surface area (Å²) in [6.07, 6.45) is 0.508. The Hall–Kier alpha value is -1.43. The second-order valence-electron chi connectivity index (χ2n) is 5.84. The Labute approximate surface area is 125 Å². The summed E-state index contributed by atoms with van der Waals surface area (Å²) >= 11 is 0. The maximum Gasteiger partial charge on any atom is 0.124 e. The Morgan fingerprint density at radius 3 is 2.67 bits per heavy atom. The Morgan fingerprint density at radius 1 is 1.24 bits per heavy atom. The molecule has 2 unspecified atom stereocenters. The number of imidazole rings is 1. The molecule has 0 aliphatic carbocycles. The number of aliphatic hydroxyl groups excluding tert-OH is 1. The van der Waals surface area contributed by atoms with Crippen molar-refractivity contribution in [2.45, 2.75) is 39.1 Å². The van der Waals surface area contributed by atoms with Gasteiger partial charge in [-0.25, -0.2) is 4.98 Å². The van der Waals surface area contributed by atoms with E-state index >= 15 is 0 Å². The average Bonchev–Trinajstić information content (AvgIpc) is 2.76. The molecule has 0 saturated carbocycles. The molecule has 114 valence electrons. The highest BCUT2D eigenvalue weighted by molar-refractivity contribution is 5.75. The number of rotatable bonds is 4. The van der Waals surface area contributed by atoms with Gasteiger partial charge in [0.1, 0.15) is 5.82 Å². The van der Waals surface area contributed by atoms with Gasteiger partial charge >= 0.3 is 0 Å². The Bertz CT molecular complexity index is 601. The third kappa shape index (κ3) is 3.10. The Balaban J connectivity index is 1.87. The molecular weight excluding hydrogens is 266 g/mol. The van der Waals surface area contributed by atoms with E-state index in [1.165, 1.54) is 0 Å². The van der Waals surface area contributed by atoms with E-state index in [9.17, 15) is 5.11 Å². The number of morpholine rings is 1. The van der Waals surface area contributed by atoms with Crippen molar-refractivity contribution in [1.82, 2.24) is 14.5 Å². The highest BCUT2D eigenvalue weighted by Gasteiger charge is 2.23. The molecule has 1 aromatic heterocycles. The van der Waals surface area contributed by atoms with Crippen LogP contribution in [0.25, 0.3) is 11.0 Å². The highest BCUT2D eigenvalue weighted by Crippen LogP contribution is 2.19. The third-order valence-electron chi connectivity index (χ3n) is 3.92. The minimum absolute atomic E-state index is 0.128. The van der Waals surface area contributed by atoms with Gasteiger partial charge in [-0.1, -0.05) is 12.1 Å². The van der Waals surface area contributed by atoms with Gasteiger partial charge in [-0.05, 0) is 26.0 Å². The van der Waals surface area contributed by atoms with Crippen LogP contribution >= 0.6 is 0 Å². The van der Waals surface area contributed by atoms with E-state index in [1.807, 2.05) is 18.2 Å². The summed E-state index contributed by atoms with van der Waals surface area (Å²) in [5.41, 5.74) is 2.09. The molecule has 1 fully saturated rings. The molecule has 2 heterocycles. The molecule has 0 amide bonds. The van der Waals surface area contributed by atoms with Crippen LogP contribution in [0.2, 0.25) is 0 Å². The van der Waals surface area contributed by atoms with Crippen LogP contribution in [0.5, 0.6) is 0 Å². The lowest BCUT2D eigenvalue weighted by molar-refractivity contribution is -0.0712. The van der Waals surface area contributed by atoms with Crippen molar-refractivity contribution in [3.63, 3.8) is 0 Å². The van der Waals surface area contributed by atoms with Gasteiger partial charge in [0.05, 0.1) is 36.4 Å². The summed E-state index contributed by atoms with van der Waals surface area (Å²) in [5.74, 6) is 1.02. The summed E-state index contributed by atoms with van der Waals surface area (Å²) in [6, 6.07) is 8.10. The summed E-state index contributed by atoms with van der Waals surface area (Å²) in [6.45, 7) is 7.58. The van der Waals surface area contributed by atoms with Gasteiger partial charge in [-0.15, -0.1) is 0 Å². The van der Waals surface area contributed by atoms with Gasteiger partial charge in [-0.2, -0.15) is 0 Å². The Kier molecular flexibility index (Phi) is 4.24. The molecule has 2 atom stereocenters. The van der Waals surface area contributed by atoms with E-state index in [1.54, 1.807) is 0 Å². The highest BCUT2D eigenvalue weighted by atomic mass is 16.5. The van der Waals surface area contributed by atoms with Crippen LogP contribution in [0, 0.1) is 0 Å². The first-order valence-electron chi connectivity index (χ1n) is 7.60. The molecular formula is C16H23N3O2. The first-order valence-corrected chi connectivity index (χ1v) is 7.60. The predicted octanol–water partition coefficient (Wildman–Crippen LogP) is 1.64. The molecule has 1 aliphatic rings. The second kappa shape index (κ2) is 6.13. The monoisotopic (exact) mass is 289 g/mol. The third-order valence-corrected chi connectivity index (χ3v) is 3.92. The molecule has 0 radical (unpaired) electrons.